The molecule has 0 saturated carbocycles. The maximum Gasteiger partial charge on any atom is 0.292 e. The first-order chi connectivity index (χ1) is 11.8. The first-order valence-electron chi connectivity index (χ1n) is 7.67. The quantitative estimate of drug-likeness (QED) is 0.682. The van der Waals surface area contributed by atoms with Crippen molar-refractivity contribution in [2.24, 2.45) is 0 Å². The molecule has 1 unspecified atom stereocenters. The molecule has 1 fully saturated rings. The standard InChI is InChI=1S/C15H16N6O3/c1-23-7-6-20-9-10(8-13(20)22)14-16-15(18-24-14)21-12-5-3-2-4-11(12)17-19-21/h2-5,10H,6-9H2,1H3. The molecule has 1 aliphatic heterocycles. The normalized spacial score (nSPS) is 18.0. The van der Waals surface area contributed by atoms with E-state index < -0.39 is 0 Å². The van der Waals surface area contributed by atoms with E-state index in [1.807, 2.05) is 24.3 Å². The highest BCUT2D eigenvalue weighted by atomic mass is 16.5. The van der Waals surface area contributed by atoms with E-state index in [2.05, 4.69) is 20.5 Å². The van der Waals surface area contributed by atoms with Gasteiger partial charge in [-0.15, -0.1) is 5.10 Å². The summed E-state index contributed by atoms with van der Waals surface area (Å²) in [5.41, 5.74) is 1.56. The monoisotopic (exact) mass is 328 g/mol. The number of hydrogen-bond acceptors (Lipinski definition) is 7. The van der Waals surface area contributed by atoms with Crippen molar-refractivity contribution in [2.45, 2.75) is 12.3 Å². The maximum atomic E-state index is 12.0. The number of nitrogens with zero attached hydrogens (tertiary/aromatic N) is 6. The van der Waals surface area contributed by atoms with Crippen LogP contribution < -0.4 is 0 Å². The number of aromatic nitrogens is 5. The molecule has 3 aromatic rings. The van der Waals surface area contributed by atoms with Crippen molar-refractivity contribution in [3.8, 4) is 5.95 Å². The van der Waals surface area contributed by atoms with E-state index in [1.54, 1.807) is 12.0 Å². The van der Waals surface area contributed by atoms with Gasteiger partial charge in [-0.25, -0.2) is 0 Å². The van der Waals surface area contributed by atoms with Crippen molar-refractivity contribution < 1.29 is 14.1 Å². The maximum absolute atomic E-state index is 12.0. The van der Waals surface area contributed by atoms with Gasteiger partial charge in [-0.05, 0) is 17.3 Å². The molecule has 9 heteroatoms. The highest BCUT2D eigenvalue weighted by molar-refractivity contribution is 5.79. The zero-order valence-corrected chi connectivity index (χ0v) is 13.1. The van der Waals surface area contributed by atoms with Crippen LogP contribution in [0.25, 0.3) is 17.0 Å². The Bertz CT molecular complexity index is 873. The van der Waals surface area contributed by atoms with Gasteiger partial charge in [0, 0.05) is 26.6 Å². The van der Waals surface area contributed by atoms with E-state index in [1.165, 1.54) is 4.68 Å². The zero-order chi connectivity index (χ0) is 16.5. The van der Waals surface area contributed by atoms with Gasteiger partial charge in [0.2, 0.25) is 11.8 Å². The SMILES string of the molecule is COCCN1CC(c2nc(-n3nnc4ccccc43)no2)CC1=O. The number of fused-ring (bicyclic) bond motifs is 1. The molecule has 124 valence electrons. The van der Waals surface area contributed by atoms with Gasteiger partial charge >= 0.3 is 0 Å². The molecule has 0 bridgehead atoms. The van der Waals surface area contributed by atoms with Crippen LogP contribution >= 0.6 is 0 Å². The van der Waals surface area contributed by atoms with Crippen LogP contribution in [0.3, 0.4) is 0 Å². The fourth-order valence-corrected chi connectivity index (χ4v) is 2.85. The second-order valence-corrected chi connectivity index (χ2v) is 5.66. The van der Waals surface area contributed by atoms with E-state index in [4.69, 9.17) is 9.26 Å². The van der Waals surface area contributed by atoms with Crippen LogP contribution in [0.2, 0.25) is 0 Å². The van der Waals surface area contributed by atoms with Crippen LogP contribution in [0, 0.1) is 0 Å². The van der Waals surface area contributed by atoms with E-state index in [-0.39, 0.29) is 11.8 Å². The number of ether oxygens (including phenoxy) is 1. The third-order valence-electron chi connectivity index (χ3n) is 4.10. The fraction of sp³-hybridized carbons (Fsp3) is 0.400. The molecule has 1 atom stereocenters. The van der Waals surface area contributed by atoms with Gasteiger partial charge in [-0.3, -0.25) is 4.79 Å². The van der Waals surface area contributed by atoms with Crippen molar-refractivity contribution in [2.75, 3.05) is 26.8 Å². The van der Waals surface area contributed by atoms with Crippen LogP contribution in [0.1, 0.15) is 18.2 Å². The third-order valence-corrected chi connectivity index (χ3v) is 4.10. The number of carbonyl (C=O) groups excluding carboxylic acids is 1. The zero-order valence-electron chi connectivity index (χ0n) is 13.1. The Labute approximate surface area is 137 Å². The topological polar surface area (TPSA) is 99.2 Å². The summed E-state index contributed by atoms with van der Waals surface area (Å²) >= 11 is 0. The summed E-state index contributed by atoms with van der Waals surface area (Å²) in [6.45, 7) is 1.64. The number of amides is 1. The number of likely N-dealkylation sites (tertiary alicyclic amines) is 1. The lowest BCUT2D eigenvalue weighted by atomic mass is 10.1. The van der Waals surface area contributed by atoms with Crippen molar-refractivity contribution in [1.82, 2.24) is 30.0 Å². The largest absolute Gasteiger partial charge is 0.383 e. The Morgan fingerprint density at radius 1 is 1.38 bits per heavy atom. The molecule has 0 N–H and O–H groups in total. The Hall–Kier alpha value is -2.81. The van der Waals surface area contributed by atoms with Gasteiger partial charge in [0.25, 0.3) is 5.95 Å². The highest BCUT2D eigenvalue weighted by Gasteiger charge is 2.34. The average Bonchev–Trinajstić information content (AvgIpc) is 3.30. The number of methoxy groups -OCH3 is 1. The summed E-state index contributed by atoms with van der Waals surface area (Å²) < 4.78 is 11.9. The number of para-hydroxylation sites is 1. The highest BCUT2D eigenvalue weighted by Crippen LogP contribution is 2.27. The summed E-state index contributed by atoms with van der Waals surface area (Å²) in [6, 6.07) is 7.54. The smallest absolute Gasteiger partial charge is 0.292 e. The molecule has 24 heavy (non-hydrogen) atoms. The van der Waals surface area contributed by atoms with Crippen molar-refractivity contribution in [3.05, 3.63) is 30.2 Å². The number of rotatable bonds is 5. The molecular formula is C15H16N6O3. The van der Waals surface area contributed by atoms with Crippen LogP contribution in [0.5, 0.6) is 0 Å². The molecule has 0 radical (unpaired) electrons. The summed E-state index contributed by atoms with van der Waals surface area (Å²) in [5, 5.41) is 12.1. The predicted octanol–water partition coefficient (Wildman–Crippen LogP) is 0.766. The van der Waals surface area contributed by atoms with Crippen molar-refractivity contribution >= 4 is 16.9 Å². The van der Waals surface area contributed by atoms with Crippen LogP contribution in [0.4, 0.5) is 0 Å². The Morgan fingerprint density at radius 2 is 2.25 bits per heavy atom. The van der Waals surface area contributed by atoms with Gasteiger partial charge in [0.15, 0.2) is 0 Å². The summed E-state index contributed by atoms with van der Waals surface area (Å²) in [7, 11) is 1.62. The second-order valence-electron chi connectivity index (χ2n) is 5.66. The Morgan fingerprint density at radius 3 is 3.12 bits per heavy atom. The van der Waals surface area contributed by atoms with Crippen LogP contribution in [-0.4, -0.2) is 62.7 Å². The minimum atomic E-state index is -0.106. The fourth-order valence-electron chi connectivity index (χ4n) is 2.85. The average molecular weight is 328 g/mol. The molecular weight excluding hydrogens is 312 g/mol. The van der Waals surface area contributed by atoms with Gasteiger partial charge < -0.3 is 14.2 Å². The Kier molecular flexibility index (Phi) is 3.69. The molecule has 1 aromatic carbocycles. The molecule has 1 saturated heterocycles. The summed E-state index contributed by atoms with van der Waals surface area (Å²) in [5.74, 6) is 0.729. The molecule has 9 nitrogen and oxygen atoms in total. The number of carbonyl (C=O) groups is 1. The van der Waals surface area contributed by atoms with Gasteiger partial charge in [0.05, 0.1) is 18.0 Å². The molecule has 1 aliphatic rings. The molecule has 2 aromatic heterocycles. The van der Waals surface area contributed by atoms with Crippen LogP contribution in [0.15, 0.2) is 28.8 Å². The molecule has 0 spiro atoms. The molecule has 4 rings (SSSR count). The van der Waals surface area contributed by atoms with Crippen molar-refractivity contribution in [1.29, 1.82) is 0 Å². The summed E-state index contributed by atoms with van der Waals surface area (Å²) in [6.07, 6.45) is 0.365. The molecule has 1 amide bonds. The van der Waals surface area contributed by atoms with E-state index in [0.29, 0.717) is 38.0 Å². The van der Waals surface area contributed by atoms with Gasteiger partial charge in [0.1, 0.15) is 5.52 Å². The predicted molar refractivity (Wildman–Crippen MR) is 82.5 cm³/mol. The van der Waals surface area contributed by atoms with E-state index in [9.17, 15) is 4.79 Å². The lowest BCUT2D eigenvalue weighted by Crippen LogP contribution is -2.28. The number of benzene rings is 1. The van der Waals surface area contributed by atoms with E-state index >= 15 is 0 Å². The third kappa shape index (κ3) is 2.52. The second kappa shape index (κ2) is 6.00. The Balaban J connectivity index is 1.56. The molecule has 0 aliphatic carbocycles. The first-order valence-corrected chi connectivity index (χ1v) is 7.67. The first kappa shape index (κ1) is 14.8. The van der Waals surface area contributed by atoms with Crippen molar-refractivity contribution in [3.63, 3.8) is 0 Å². The number of hydrogen-bond donors (Lipinski definition) is 0. The minimum Gasteiger partial charge on any atom is -0.383 e. The van der Waals surface area contributed by atoms with Crippen LogP contribution in [-0.2, 0) is 9.53 Å². The lowest BCUT2D eigenvalue weighted by molar-refractivity contribution is -0.128. The minimum absolute atomic E-state index is 0.0722. The van der Waals surface area contributed by atoms with Gasteiger partial charge in [-0.2, -0.15) is 9.67 Å². The molecule has 3 heterocycles. The van der Waals surface area contributed by atoms with Gasteiger partial charge in [-0.1, -0.05) is 17.3 Å². The lowest BCUT2D eigenvalue weighted by Gasteiger charge is -2.14. The van der Waals surface area contributed by atoms with E-state index in [0.717, 1.165) is 11.0 Å². The summed E-state index contributed by atoms with van der Waals surface area (Å²) in [4.78, 5) is 18.2.